The first-order valence-corrected chi connectivity index (χ1v) is 40.6. The smallest absolute Gasteiger partial charge is 0.326 e. The summed E-state index contributed by atoms with van der Waals surface area (Å²) in [4.78, 5) is 263. The minimum Gasteiger partial charge on any atom is -0.481 e. The first-order valence-electron chi connectivity index (χ1n) is 40.6. The van der Waals surface area contributed by atoms with E-state index in [1.54, 1.807) is 48.5 Å². The Kier molecular flexibility index (Phi) is 35.1. The topological polar surface area (TPSA) is 879 Å². The summed E-state index contributed by atoms with van der Waals surface area (Å²) in [6.07, 6.45) is -0.404. The number of aliphatic carboxylic acids is 8. The second-order valence-electron chi connectivity index (χ2n) is 29.8. The first-order chi connectivity index (χ1) is 64.8. The second-order valence-corrected chi connectivity index (χ2v) is 29.8. The molecule has 0 saturated carbocycles. The number of H-pyrrole nitrogens is 4. The van der Waals surface area contributed by atoms with Gasteiger partial charge in [-0.2, -0.15) is 19.9 Å². The van der Waals surface area contributed by atoms with Crippen LogP contribution in [0.3, 0.4) is 0 Å². The normalized spacial score (nSPS) is 15.4. The zero-order valence-corrected chi connectivity index (χ0v) is 71.1. The van der Waals surface area contributed by atoms with E-state index in [0.717, 1.165) is 0 Å². The van der Waals surface area contributed by atoms with Crippen molar-refractivity contribution in [1.82, 2.24) is 61.1 Å². The van der Waals surface area contributed by atoms with Gasteiger partial charge in [0.2, 0.25) is 49.4 Å². The van der Waals surface area contributed by atoms with Crippen LogP contribution in [0.2, 0.25) is 0 Å². The molecule has 0 fully saturated rings. The molecule has 0 bridgehead atoms. The molecular formula is C80H92N28O28. The Bertz CT molecular complexity index is 5320. The van der Waals surface area contributed by atoms with Gasteiger partial charge in [-0.15, -0.1) is 0 Å². The van der Waals surface area contributed by atoms with Crippen LogP contribution in [0.25, 0.3) is 0 Å². The van der Waals surface area contributed by atoms with Crippen LogP contribution in [-0.4, -0.2) is 278 Å². The lowest BCUT2D eigenvalue weighted by molar-refractivity contribution is -0.142. The number of hydrogen-bond acceptors (Lipinski definition) is 36. The average molecular weight is 1890 g/mol. The van der Waals surface area contributed by atoms with Gasteiger partial charge in [-0.1, -0.05) is 0 Å². The molecule has 0 spiro atoms. The van der Waals surface area contributed by atoms with Crippen molar-refractivity contribution in [2.24, 2.45) is 0 Å². The Morgan fingerprint density at radius 3 is 0.647 bits per heavy atom. The van der Waals surface area contributed by atoms with Crippen LogP contribution in [0.5, 0.6) is 0 Å². The van der Waals surface area contributed by atoms with Gasteiger partial charge < -0.3 is 147 Å². The molecule has 720 valence electrons. The standard InChI is InChI=1S/4C20H23N7O7/c4*21-20-25-16-15(18(32)26-20)27(9-28)12(8-23-16)7-22-11-3-1-10(2-4-11)17(31)24-13(19(33)34)5-6-14(29)30/h4*1-4,9,12-13,22H,5-8H2,(H,24,31)(H,29,30)(H,33,34)(H4,21,23,25,26,32)/t4*12-,13-/m0000/s1. The Hall–Kier alpha value is -18.5. The van der Waals surface area contributed by atoms with Crippen LogP contribution in [0, 0.1) is 0 Å². The number of nitrogens with zero attached hydrogens (tertiary/aromatic N) is 8. The van der Waals surface area contributed by atoms with E-state index < -0.39 is 168 Å². The third-order valence-electron chi connectivity index (χ3n) is 20.5. The molecule has 8 heterocycles. The van der Waals surface area contributed by atoms with Gasteiger partial charge in [-0.3, -0.25) is 96.6 Å². The summed E-state index contributed by atoms with van der Waals surface area (Å²) in [5.41, 5.74) is 23.4. The van der Waals surface area contributed by atoms with Crippen LogP contribution in [0.4, 0.5) is 92.6 Å². The average Bonchev–Trinajstić information content (AvgIpc) is 0.794. The summed E-state index contributed by atoms with van der Waals surface area (Å²) in [6, 6.07) is 17.5. The largest absolute Gasteiger partial charge is 0.481 e. The lowest BCUT2D eigenvalue weighted by atomic mass is 10.1. The monoisotopic (exact) mass is 1890 g/mol. The SMILES string of the molecule is Nc1nc2c(c(=O)[nH]1)N(C=O)[C@@H](CNc1ccc(C(=O)N[C@@H](CCC(=O)O)C(=O)O)cc1)CN2.Nc1nc2c(c(=O)[nH]1)N(C=O)[C@@H](CNc1ccc(C(=O)N[C@@H](CCC(=O)O)C(=O)O)cc1)CN2.Nc1nc2c(c(=O)[nH]1)N(C=O)[C@@H](CNc1ccc(C(=O)N[C@@H](CCC(=O)O)C(=O)O)cc1)CN2.Nc1nc2c(c(=O)[nH]1)N(C=O)[C@@H](CNc1ccc(C(=O)N[C@@H](CCC(=O)O)C(=O)O)cc1)CN2. The molecule has 4 aromatic carbocycles. The van der Waals surface area contributed by atoms with E-state index in [-0.39, 0.29) is 144 Å². The zero-order valence-electron chi connectivity index (χ0n) is 71.1. The molecule has 56 heteroatoms. The van der Waals surface area contributed by atoms with E-state index in [4.69, 9.17) is 43.4 Å². The lowest BCUT2D eigenvalue weighted by Crippen LogP contribution is -2.50. The van der Waals surface area contributed by atoms with E-state index in [9.17, 15) is 116 Å². The molecule has 0 unspecified atom stereocenters. The number of aromatic amines is 4. The maximum atomic E-state index is 12.3. The Labute approximate surface area is 763 Å². The number of aromatic nitrogens is 8. The molecule has 4 aliphatic rings. The predicted octanol–water partition coefficient (Wildman–Crippen LogP) is -2.92. The van der Waals surface area contributed by atoms with Gasteiger partial charge >= 0.3 is 47.8 Å². The highest BCUT2D eigenvalue weighted by atomic mass is 16.4. The fourth-order valence-corrected chi connectivity index (χ4v) is 13.6. The summed E-state index contributed by atoms with van der Waals surface area (Å²) < 4.78 is 0. The minimum atomic E-state index is -1.33. The van der Waals surface area contributed by atoms with E-state index in [1.807, 2.05) is 0 Å². The fraction of sp³-hybridized carbons (Fsp3) is 0.300. The molecule has 0 radical (unpaired) electrons. The van der Waals surface area contributed by atoms with Crippen LogP contribution in [-0.2, 0) is 57.5 Å². The maximum Gasteiger partial charge on any atom is 0.326 e. The number of benzene rings is 4. The molecule has 4 aliphatic heterocycles. The van der Waals surface area contributed by atoms with Gasteiger partial charge in [0, 0.05) is 123 Å². The van der Waals surface area contributed by atoms with Crippen LogP contribution in [0.15, 0.2) is 116 Å². The number of amides is 8. The number of carboxylic acid groups (broad SMARTS) is 8. The third kappa shape index (κ3) is 27.8. The van der Waals surface area contributed by atoms with Crippen LogP contribution >= 0.6 is 0 Å². The van der Waals surface area contributed by atoms with Crippen molar-refractivity contribution in [3.05, 3.63) is 161 Å². The molecule has 4 aromatic heterocycles. The van der Waals surface area contributed by atoms with Gasteiger partial charge in [0.25, 0.3) is 45.9 Å². The predicted molar refractivity (Wildman–Crippen MR) is 483 cm³/mol. The van der Waals surface area contributed by atoms with E-state index in [1.165, 1.54) is 68.1 Å². The van der Waals surface area contributed by atoms with E-state index in [2.05, 4.69) is 104 Å². The molecule has 32 N–H and O–H groups in total. The molecule has 12 rings (SSSR count). The number of rotatable bonds is 40. The van der Waals surface area contributed by atoms with Crippen molar-refractivity contribution >= 4 is 190 Å². The molecule has 0 aliphatic carbocycles. The van der Waals surface area contributed by atoms with Crippen molar-refractivity contribution in [1.29, 1.82) is 0 Å². The van der Waals surface area contributed by atoms with Gasteiger partial charge in [-0.25, -0.2) is 19.2 Å². The molecule has 56 nitrogen and oxygen atoms in total. The van der Waals surface area contributed by atoms with Crippen LogP contribution in [0.1, 0.15) is 92.8 Å². The summed E-state index contributed by atoms with van der Waals surface area (Å²) in [5, 5.41) is 105. The number of anilines is 16. The number of nitrogen functional groups attached to an aromatic ring is 4. The van der Waals surface area contributed by atoms with Crippen molar-refractivity contribution in [3.63, 3.8) is 0 Å². The molecular weight excluding hydrogens is 1800 g/mol. The number of carboxylic acids is 8. The number of carbonyl (C=O) groups is 16. The second kappa shape index (κ2) is 47.2. The van der Waals surface area contributed by atoms with Gasteiger partial charge in [0.05, 0.1) is 24.2 Å². The quantitative estimate of drug-likeness (QED) is 0.0171. The van der Waals surface area contributed by atoms with Crippen LogP contribution < -0.4 is 129 Å². The van der Waals surface area contributed by atoms with Gasteiger partial charge in [0.1, 0.15) is 24.2 Å². The lowest BCUT2D eigenvalue weighted by Gasteiger charge is -2.34. The minimum absolute atomic E-state index is 0.0603. The summed E-state index contributed by atoms with van der Waals surface area (Å²) in [7, 11) is 0. The highest BCUT2D eigenvalue weighted by Gasteiger charge is 2.36. The number of fused-ring (bicyclic) bond motifs is 4. The van der Waals surface area contributed by atoms with Crippen molar-refractivity contribution in [2.75, 3.05) is 137 Å². The van der Waals surface area contributed by atoms with Gasteiger partial charge in [-0.05, 0) is 123 Å². The summed E-state index contributed by atoms with van der Waals surface area (Å²) in [6.45, 7) is 2.27. The Balaban J connectivity index is 0.000000203. The maximum absolute atomic E-state index is 12.3. The first kappa shape index (κ1) is 101. The van der Waals surface area contributed by atoms with E-state index >= 15 is 0 Å². The fourth-order valence-electron chi connectivity index (χ4n) is 13.6. The van der Waals surface area contributed by atoms with Crippen molar-refractivity contribution in [3.8, 4) is 0 Å². The third-order valence-corrected chi connectivity index (χ3v) is 20.5. The highest BCUT2D eigenvalue weighted by molar-refractivity contribution is 6.00. The summed E-state index contributed by atoms with van der Waals surface area (Å²) >= 11 is 0. The molecule has 8 atom stereocenters. The number of nitrogens with one attached hydrogen (secondary N) is 16. The van der Waals surface area contributed by atoms with Gasteiger partial charge in [0.15, 0.2) is 46.0 Å². The number of carbonyl (C=O) groups excluding carboxylic acids is 8. The highest BCUT2D eigenvalue weighted by Crippen LogP contribution is 2.31. The van der Waals surface area contributed by atoms with Crippen molar-refractivity contribution in [2.45, 2.75) is 99.7 Å². The molecule has 0 saturated heterocycles. The number of hydrogen-bond donors (Lipinski definition) is 28. The Morgan fingerprint density at radius 2 is 0.493 bits per heavy atom. The summed E-state index contributed by atoms with van der Waals surface area (Å²) in [5.74, 6) is -12.0. The molecule has 8 amide bonds. The van der Waals surface area contributed by atoms with E-state index in [0.29, 0.717) is 74.6 Å². The van der Waals surface area contributed by atoms with Crippen molar-refractivity contribution < 1.29 is 118 Å². The number of nitrogens with two attached hydrogens (primary N) is 4. The zero-order chi connectivity index (χ0) is 99.3. The molecule has 136 heavy (non-hydrogen) atoms. The molecule has 8 aromatic rings. The Morgan fingerprint density at radius 1 is 0.316 bits per heavy atom.